The van der Waals surface area contributed by atoms with Crippen molar-refractivity contribution in [2.45, 2.75) is 13.0 Å². The number of hydrogen-bond donors (Lipinski definition) is 2. The molecule has 30 heavy (non-hydrogen) atoms. The Kier molecular flexibility index (Phi) is 6.77. The first-order valence-electron chi connectivity index (χ1n) is 9.45. The number of carbonyl (C=O) groups excluding carboxylic acids is 1. The van der Waals surface area contributed by atoms with Gasteiger partial charge in [0.15, 0.2) is 0 Å². The van der Waals surface area contributed by atoms with Crippen LogP contribution >= 0.6 is 0 Å². The van der Waals surface area contributed by atoms with Gasteiger partial charge < -0.3 is 10.1 Å². The lowest BCUT2D eigenvalue weighted by molar-refractivity contribution is -0.384. The molecular formula is C23H23N3O4. The monoisotopic (exact) mass is 405 g/mol. The third kappa shape index (κ3) is 5.21. The van der Waals surface area contributed by atoms with Gasteiger partial charge in [0, 0.05) is 0 Å². The van der Waals surface area contributed by atoms with E-state index in [0.29, 0.717) is 5.75 Å². The number of nitrogens with one attached hydrogen (secondary N) is 2. The standard InChI is InChI=1S/C23H23N3O4/c1-16-8-10-18(11-9-16)23(17-6-4-3-5-7-17)24-15-22(27)25-20-13-12-19(30-2)14-21(20)26(28)29/h3-14,23-24H,15H2,1-2H3,(H,25,27)/t23-/m1/s1. The topological polar surface area (TPSA) is 93.5 Å². The number of nitrogens with zero attached hydrogens (tertiary/aromatic N) is 1. The number of nitro benzene ring substituents is 1. The zero-order valence-electron chi connectivity index (χ0n) is 16.8. The average Bonchev–Trinajstić information content (AvgIpc) is 2.76. The summed E-state index contributed by atoms with van der Waals surface area (Å²) in [6.45, 7) is 2.00. The smallest absolute Gasteiger partial charge is 0.296 e. The Bertz CT molecular complexity index is 1020. The van der Waals surface area contributed by atoms with Crippen LogP contribution in [0.2, 0.25) is 0 Å². The summed E-state index contributed by atoms with van der Waals surface area (Å²) >= 11 is 0. The molecule has 1 atom stereocenters. The molecule has 0 aliphatic carbocycles. The van der Waals surface area contributed by atoms with Crippen LogP contribution in [0.15, 0.2) is 72.8 Å². The molecule has 7 heteroatoms. The van der Waals surface area contributed by atoms with Crippen LogP contribution in [0.25, 0.3) is 0 Å². The van der Waals surface area contributed by atoms with Crippen LogP contribution in [0.4, 0.5) is 11.4 Å². The zero-order valence-corrected chi connectivity index (χ0v) is 16.8. The molecule has 3 aromatic rings. The lowest BCUT2D eigenvalue weighted by Crippen LogP contribution is -2.32. The van der Waals surface area contributed by atoms with Crippen LogP contribution < -0.4 is 15.4 Å². The van der Waals surface area contributed by atoms with Gasteiger partial charge in [-0.15, -0.1) is 0 Å². The molecule has 0 aromatic heterocycles. The SMILES string of the molecule is COc1ccc(NC(=O)CN[C@H](c2ccccc2)c2ccc(C)cc2)c([N+](=O)[O-])c1. The predicted octanol–water partition coefficient (Wildman–Crippen LogP) is 4.23. The Morgan fingerprint density at radius 3 is 2.33 bits per heavy atom. The largest absolute Gasteiger partial charge is 0.496 e. The minimum absolute atomic E-state index is 0.0172. The maximum Gasteiger partial charge on any atom is 0.296 e. The third-order valence-corrected chi connectivity index (χ3v) is 4.69. The van der Waals surface area contributed by atoms with Gasteiger partial charge in [-0.3, -0.25) is 20.2 Å². The van der Waals surface area contributed by atoms with Crippen molar-refractivity contribution in [1.29, 1.82) is 0 Å². The highest BCUT2D eigenvalue weighted by Crippen LogP contribution is 2.29. The molecule has 1 amide bonds. The molecule has 0 fully saturated rings. The molecular weight excluding hydrogens is 382 g/mol. The summed E-state index contributed by atoms with van der Waals surface area (Å²) in [6, 6.07) is 22.0. The molecule has 154 valence electrons. The normalized spacial score (nSPS) is 11.5. The number of benzene rings is 3. The molecule has 0 aliphatic rings. The molecule has 0 heterocycles. The minimum atomic E-state index is -0.551. The molecule has 0 spiro atoms. The predicted molar refractivity (Wildman–Crippen MR) is 116 cm³/mol. The molecule has 7 nitrogen and oxygen atoms in total. The van der Waals surface area contributed by atoms with Gasteiger partial charge in [0.2, 0.25) is 5.91 Å². The van der Waals surface area contributed by atoms with Crippen molar-refractivity contribution >= 4 is 17.3 Å². The average molecular weight is 405 g/mol. The zero-order chi connectivity index (χ0) is 21.5. The first kappa shape index (κ1) is 21.0. The van der Waals surface area contributed by atoms with Crippen LogP contribution in [0, 0.1) is 17.0 Å². The maximum atomic E-state index is 12.5. The third-order valence-electron chi connectivity index (χ3n) is 4.69. The number of methoxy groups -OCH3 is 1. The number of ether oxygens (including phenoxy) is 1. The number of nitro groups is 1. The fourth-order valence-corrected chi connectivity index (χ4v) is 3.12. The number of amides is 1. The summed E-state index contributed by atoms with van der Waals surface area (Å²) in [5.74, 6) is -0.0300. The van der Waals surface area contributed by atoms with E-state index in [2.05, 4.69) is 10.6 Å². The van der Waals surface area contributed by atoms with Crippen molar-refractivity contribution in [3.05, 3.63) is 99.6 Å². The van der Waals surface area contributed by atoms with E-state index < -0.39 is 4.92 Å². The Hall–Kier alpha value is -3.71. The van der Waals surface area contributed by atoms with Crippen molar-refractivity contribution in [2.75, 3.05) is 19.0 Å². The molecule has 3 rings (SSSR count). The highest BCUT2D eigenvalue weighted by Gasteiger charge is 2.19. The van der Waals surface area contributed by atoms with Crippen molar-refractivity contribution in [3.63, 3.8) is 0 Å². The van der Waals surface area contributed by atoms with Crippen LogP contribution in [0.5, 0.6) is 5.75 Å². The van der Waals surface area contributed by atoms with E-state index in [1.807, 2.05) is 61.5 Å². The van der Waals surface area contributed by atoms with E-state index in [4.69, 9.17) is 4.74 Å². The number of hydrogen-bond acceptors (Lipinski definition) is 5. The van der Waals surface area contributed by atoms with Gasteiger partial charge in [-0.25, -0.2) is 0 Å². The van der Waals surface area contributed by atoms with Gasteiger partial charge in [0.25, 0.3) is 5.69 Å². The molecule has 0 saturated carbocycles. The molecule has 0 aliphatic heterocycles. The van der Waals surface area contributed by atoms with E-state index >= 15 is 0 Å². The van der Waals surface area contributed by atoms with Crippen LogP contribution in [0.1, 0.15) is 22.7 Å². The second kappa shape index (κ2) is 9.67. The molecule has 3 aromatic carbocycles. The van der Waals surface area contributed by atoms with Gasteiger partial charge in [-0.05, 0) is 30.2 Å². The second-order valence-electron chi connectivity index (χ2n) is 6.82. The van der Waals surface area contributed by atoms with Gasteiger partial charge in [-0.1, -0.05) is 60.2 Å². The van der Waals surface area contributed by atoms with Crippen molar-refractivity contribution in [3.8, 4) is 5.75 Å². The lowest BCUT2D eigenvalue weighted by Gasteiger charge is -2.20. The summed E-state index contributed by atoms with van der Waals surface area (Å²) in [5.41, 5.74) is 3.09. The van der Waals surface area contributed by atoms with Gasteiger partial charge >= 0.3 is 0 Å². The quantitative estimate of drug-likeness (QED) is 0.432. The van der Waals surface area contributed by atoms with Crippen molar-refractivity contribution in [2.24, 2.45) is 0 Å². The van der Waals surface area contributed by atoms with E-state index in [1.165, 1.54) is 19.2 Å². The van der Waals surface area contributed by atoms with Crippen LogP contribution in [-0.2, 0) is 4.79 Å². The van der Waals surface area contributed by atoms with Gasteiger partial charge in [0.05, 0.1) is 30.7 Å². The highest BCUT2D eigenvalue weighted by atomic mass is 16.6. The number of aryl methyl sites for hydroxylation is 1. The first-order chi connectivity index (χ1) is 14.5. The van der Waals surface area contributed by atoms with Crippen molar-refractivity contribution in [1.82, 2.24) is 5.32 Å². The summed E-state index contributed by atoms with van der Waals surface area (Å²) in [5, 5.41) is 17.2. The van der Waals surface area contributed by atoms with Crippen LogP contribution in [0.3, 0.4) is 0 Å². The first-order valence-corrected chi connectivity index (χ1v) is 9.45. The van der Waals surface area contributed by atoms with E-state index in [9.17, 15) is 14.9 Å². The van der Waals surface area contributed by atoms with E-state index in [-0.39, 0.29) is 29.9 Å². The lowest BCUT2D eigenvalue weighted by atomic mass is 9.98. The molecule has 0 bridgehead atoms. The van der Waals surface area contributed by atoms with Gasteiger partial charge in [-0.2, -0.15) is 0 Å². The van der Waals surface area contributed by atoms with Crippen LogP contribution in [-0.4, -0.2) is 24.5 Å². The Labute approximate surface area is 174 Å². The summed E-state index contributed by atoms with van der Waals surface area (Å²) in [6.07, 6.45) is 0. The van der Waals surface area contributed by atoms with Gasteiger partial charge in [0.1, 0.15) is 11.4 Å². The molecule has 0 saturated heterocycles. The van der Waals surface area contributed by atoms with Crippen molar-refractivity contribution < 1.29 is 14.5 Å². The molecule has 0 unspecified atom stereocenters. The number of anilines is 1. The van der Waals surface area contributed by atoms with E-state index in [0.717, 1.165) is 16.7 Å². The Balaban J connectivity index is 1.75. The minimum Gasteiger partial charge on any atom is -0.496 e. The Morgan fingerprint density at radius 1 is 1.03 bits per heavy atom. The highest BCUT2D eigenvalue weighted by molar-refractivity contribution is 5.94. The van der Waals surface area contributed by atoms with E-state index in [1.54, 1.807) is 6.07 Å². The number of carbonyl (C=O) groups is 1. The molecule has 2 N–H and O–H groups in total. The molecule has 0 radical (unpaired) electrons. The summed E-state index contributed by atoms with van der Waals surface area (Å²) in [7, 11) is 1.43. The maximum absolute atomic E-state index is 12.5. The fourth-order valence-electron chi connectivity index (χ4n) is 3.12. The number of rotatable bonds is 8. The summed E-state index contributed by atoms with van der Waals surface area (Å²) in [4.78, 5) is 23.3. The summed E-state index contributed by atoms with van der Waals surface area (Å²) < 4.78 is 5.02. The second-order valence-corrected chi connectivity index (χ2v) is 6.82. The Morgan fingerprint density at radius 2 is 1.70 bits per heavy atom. The fraction of sp³-hybridized carbons (Fsp3) is 0.174.